The number of esters is 2. The Kier molecular flexibility index (Phi) is 56.5. The Hall–Kier alpha value is -4.11. The van der Waals surface area contributed by atoms with Crippen LogP contribution in [0.5, 0.6) is 0 Å². The minimum Gasteiger partial charge on any atom is -0.756 e. The first-order valence-corrected chi connectivity index (χ1v) is 33.0. The molecule has 0 fully saturated rings. The number of hydrogen-bond donors (Lipinski definition) is 0. The number of ether oxygens (including phenoxy) is 2. The van der Waals surface area contributed by atoms with Crippen molar-refractivity contribution in [2.75, 3.05) is 47.5 Å². The lowest BCUT2D eigenvalue weighted by atomic mass is 10.0. The molecule has 80 heavy (non-hydrogen) atoms. The molecule has 0 bridgehead atoms. The third-order valence-electron chi connectivity index (χ3n) is 12.9. The van der Waals surface area contributed by atoms with E-state index in [0.29, 0.717) is 23.9 Å². The summed E-state index contributed by atoms with van der Waals surface area (Å²) in [5, 5.41) is 0. The number of phosphoric ester groups is 1. The van der Waals surface area contributed by atoms with Crippen LogP contribution in [-0.4, -0.2) is 70.0 Å². The second kappa shape index (κ2) is 59.5. The number of rotatable bonds is 56. The number of phosphoric acid groups is 1. The Morgan fingerprint density at radius 2 is 0.675 bits per heavy atom. The number of likely N-dealkylation sites (N-methyl/N-ethyl adjacent to an activating group) is 1. The lowest BCUT2D eigenvalue weighted by molar-refractivity contribution is -0.870. The van der Waals surface area contributed by atoms with Gasteiger partial charge in [0.1, 0.15) is 19.8 Å². The average Bonchev–Trinajstić information content (AvgIpc) is 3.42. The molecule has 10 heteroatoms. The van der Waals surface area contributed by atoms with Gasteiger partial charge in [0, 0.05) is 12.8 Å². The molecule has 0 aromatic heterocycles. The molecule has 0 rings (SSSR count). The topological polar surface area (TPSA) is 111 Å². The number of hydrogen-bond acceptors (Lipinski definition) is 8. The van der Waals surface area contributed by atoms with Crippen LogP contribution in [0.25, 0.3) is 0 Å². The van der Waals surface area contributed by atoms with Gasteiger partial charge in [-0.3, -0.25) is 14.2 Å². The molecular formula is C70H116NO8P. The van der Waals surface area contributed by atoms with Crippen LogP contribution >= 0.6 is 7.82 Å². The molecule has 0 saturated carbocycles. The molecule has 0 aliphatic heterocycles. The van der Waals surface area contributed by atoms with Gasteiger partial charge < -0.3 is 27.9 Å². The fraction of sp³-hybridized carbons (Fsp3) is 0.629. The summed E-state index contributed by atoms with van der Waals surface area (Å²) >= 11 is 0. The number of allylic oxidation sites excluding steroid dienone is 24. The zero-order valence-corrected chi connectivity index (χ0v) is 52.4. The SMILES string of the molecule is CC/C=C\C/C=C\C/C=C\C/C=C\C/C=C\C/C=C\C/C=C\C/C=C\C/C=C\CCCCCCCCCCCCCCCC(=O)OC(COC(=O)CCCCCCC/C=C\C/C=C\C/C=C\CC)COP(=O)([O-])OCC[N+](C)(C)C. The van der Waals surface area contributed by atoms with Gasteiger partial charge in [-0.2, -0.15) is 0 Å². The smallest absolute Gasteiger partial charge is 0.306 e. The highest BCUT2D eigenvalue weighted by molar-refractivity contribution is 7.45. The lowest BCUT2D eigenvalue weighted by Crippen LogP contribution is -2.37. The van der Waals surface area contributed by atoms with Crippen molar-refractivity contribution in [2.24, 2.45) is 0 Å². The molecule has 2 atom stereocenters. The van der Waals surface area contributed by atoms with Crippen LogP contribution in [0.2, 0.25) is 0 Å². The molecule has 0 amide bonds. The van der Waals surface area contributed by atoms with Crippen molar-refractivity contribution < 1.29 is 42.1 Å². The summed E-state index contributed by atoms with van der Waals surface area (Å²) in [6, 6.07) is 0. The Balaban J connectivity index is 4.05. The van der Waals surface area contributed by atoms with Gasteiger partial charge in [-0.1, -0.05) is 250 Å². The fourth-order valence-electron chi connectivity index (χ4n) is 8.07. The molecule has 0 aromatic rings. The van der Waals surface area contributed by atoms with E-state index in [2.05, 4.69) is 160 Å². The Bertz CT molecular complexity index is 1860. The van der Waals surface area contributed by atoms with Gasteiger partial charge in [-0.15, -0.1) is 0 Å². The standard InChI is InChI=1S/C70H116NO8P/c1-6-8-10-12-14-16-18-20-22-23-24-25-26-27-28-29-30-31-32-33-34-35-36-37-38-39-40-41-42-43-44-45-46-47-49-51-53-55-57-59-61-63-70(73)79-68(67-78-80(74,75)77-65-64-71(3,4)5)66-76-69(72)62-60-58-56-54-52-50-48-21-19-17-15-13-11-9-7-2/h8-11,14-17,20-22,24-25,27-28,30-31,33-34,36-37,39-40,48,68H,6-7,12-13,18-19,23,26,29,32,35,38,41-47,49-67H2,1-5H3/b10-8-,11-9-,16-14-,17-15-,22-20-,25-24-,28-27-,31-30-,34-33-,37-36-,40-39-,48-21-. The van der Waals surface area contributed by atoms with Crippen LogP contribution in [0, 0.1) is 0 Å². The summed E-state index contributed by atoms with van der Waals surface area (Å²) in [5.41, 5.74) is 0. The second-order valence-electron chi connectivity index (χ2n) is 21.7. The Morgan fingerprint density at radius 3 is 1.00 bits per heavy atom. The molecule has 0 radical (unpaired) electrons. The summed E-state index contributed by atoms with van der Waals surface area (Å²) in [7, 11) is 1.14. The predicted molar refractivity (Wildman–Crippen MR) is 341 cm³/mol. The summed E-state index contributed by atoms with van der Waals surface area (Å²) in [6.07, 6.45) is 87.7. The van der Waals surface area contributed by atoms with E-state index in [1.165, 1.54) is 64.2 Å². The zero-order chi connectivity index (χ0) is 58.4. The van der Waals surface area contributed by atoms with Crippen LogP contribution in [0.3, 0.4) is 0 Å². The largest absolute Gasteiger partial charge is 0.756 e. The maximum atomic E-state index is 12.8. The van der Waals surface area contributed by atoms with Crippen LogP contribution < -0.4 is 4.89 Å². The Labute approximate surface area is 491 Å². The highest BCUT2D eigenvalue weighted by Crippen LogP contribution is 2.38. The molecule has 0 heterocycles. The number of nitrogens with zero attached hydrogens (tertiary/aromatic N) is 1. The van der Waals surface area contributed by atoms with Crippen molar-refractivity contribution in [1.82, 2.24) is 0 Å². The summed E-state index contributed by atoms with van der Waals surface area (Å²) in [5.74, 6) is -0.862. The van der Waals surface area contributed by atoms with E-state index in [4.69, 9.17) is 18.5 Å². The van der Waals surface area contributed by atoms with Crippen LogP contribution in [-0.2, 0) is 32.7 Å². The van der Waals surface area contributed by atoms with Crippen molar-refractivity contribution >= 4 is 19.8 Å². The highest BCUT2D eigenvalue weighted by atomic mass is 31.2. The molecule has 0 saturated heterocycles. The number of unbranched alkanes of at least 4 members (excludes halogenated alkanes) is 18. The van der Waals surface area contributed by atoms with E-state index in [1.807, 2.05) is 21.1 Å². The van der Waals surface area contributed by atoms with E-state index in [-0.39, 0.29) is 26.1 Å². The minimum absolute atomic E-state index is 0.0403. The van der Waals surface area contributed by atoms with Crippen molar-refractivity contribution in [3.63, 3.8) is 0 Å². The van der Waals surface area contributed by atoms with Gasteiger partial charge in [0.25, 0.3) is 7.82 Å². The van der Waals surface area contributed by atoms with Gasteiger partial charge in [0.2, 0.25) is 0 Å². The molecule has 0 aromatic carbocycles. The van der Waals surface area contributed by atoms with E-state index in [0.717, 1.165) is 128 Å². The third-order valence-corrected chi connectivity index (χ3v) is 13.8. The number of carbonyl (C=O) groups excluding carboxylic acids is 2. The van der Waals surface area contributed by atoms with Crippen molar-refractivity contribution in [2.45, 2.75) is 238 Å². The predicted octanol–water partition coefficient (Wildman–Crippen LogP) is 19.6. The molecule has 0 aliphatic rings. The van der Waals surface area contributed by atoms with E-state index in [9.17, 15) is 19.0 Å². The van der Waals surface area contributed by atoms with E-state index < -0.39 is 32.5 Å². The molecular weight excluding hydrogens is 1010 g/mol. The Morgan fingerprint density at radius 1 is 0.388 bits per heavy atom. The lowest BCUT2D eigenvalue weighted by Gasteiger charge is -2.28. The molecule has 0 spiro atoms. The van der Waals surface area contributed by atoms with Crippen LogP contribution in [0.15, 0.2) is 146 Å². The van der Waals surface area contributed by atoms with Gasteiger partial charge >= 0.3 is 11.9 Å². The van der Waals surface area contributed by atoms with Crippen LogP contribution in [0.1, 0.15) is 232 Å². The van der Waals surface area contributed by atoms with Gasteiger partial charge in [0.15, 0.2) is 6.10 Å². The van der Waals surface area contributed by atoms with Gasteiger partial charge in [-0.25, -0.2) is 0 Å². The van der Waals surface area contributed by atoms with Crippen molar-refractivity contribution in [1.29, 1.82) is 0 Å². The maximum absolute atomic E-state index is 12.8. The summed E-state index contributed by atoms with van der Waals surface area (Å²) in [6.45, 7) is 3.97. The van der Waals surface area contributed by atoms with Crippen LogP contribution in [0.4, 0.5) is 0 Å². The molecule has 9 nitrogen and oxygen atoms in total. The first-order chi connectivity index (χ1) is 39.0. The quantitative estimate of drug-likeness (QED) is 0.0195. The average molecular weight is 1130 g/mol. The van der Waals surface area contributed by atoms with Gasteiger partial charge in [-0.05, 0) is 116 Å². The van der Waals surface area contributed by atoms with Crippen molar-refractivity contribution in [3.05, 3.63) is 146 Å². The number of carbonyl (C=O) groups is 2. The van der Waals surface area contributed by atoms with E-state index in [1.54, 1.807) is 0 Å². The minimum atomic E-state index is -4.65. The normalized spacial score (nSPS) is 14.2. The number of quaternary nitrogens is 1. The molecule has 2 unspecified atom stereocenters. The molecule has 454 valence electrons. The monoisotopic (exact) mass is 1130 g/mol. The van der Waals surface area contributed by atoms with Gasteiger partial charge in [0.05, 0.1) is 27.7 Å². The molecule has 0 N–H and O–H groups in total. The van der Waals surface area contributed by atoms with Crippen molar-refractivity contribution in [3.8, 4) is 0 Å². The zero-order valence-electron chi connectivity index (χ0n) is 51.5. The summed E-state index contributed by atoms with van der Waals surface area (Å²) in [4.78, 5) is 37.9. The second-order valence-corrected chi connectivity index (χ2v) is 23.1. The third kappa shape index (κ3) is 63.1. The van der Waals surface area contributed by atoms with E-state index >= 15 is 0 Å². The summed E-state index contributed by atoms with van der Waals surface area (Å²) < 4.78 is 34.1. The first kappa shape index (κ1) is 75.9. The first-order valence-electron chi connectivity index (χ1n) is 31.5. The fourth-order valence-corrected chi connectivity index (χ4v) is 8.80. The molecule has 0 aliphatic carbocycles. The highest BCUT2D eigenvalue weighted by Gasteiger charge is 2.22. The maximum Gasteiger partial charge on any atom is 0.306 e.